The summed E-state index contributed by atoms with van der Waals surface area (Å²) in [7, 11) is 3.86. The topological polar surface area (TPSA) is 61.3 Å². The van der Waals surface area contributed by atoms with Crippen LogP contribution >= 0.6 is 0 Å². The average molecular weight is 269 g/mol. The monoisotopic (exact) mass is 269 g/mol. The van der Waals surface area contributed by atoms with Crippen LogP contribution in [0.5, 0.6) is 0 Å². The maximum Gasteiger partial charge on any atom is 0.417 e. The average Bonchev–Trinajstić information content (AvgIpc) is 2.85. The number of nitrogens with one attached hydrogen (secondary N) is 2. The van der Waals surface area contributed by atoms with Gasteiger partial charge in [-0.3, -0.25) is 4.98 Å². The van der Waals surface area contributed by atoms with E-state index in [0.717, 1.165) is 17.1 Å². The quantitative estimate of drug-likeness (QED) is 0.767. The van der Waals surface area contributed by atoms with Gasteiger partial charge in [-0.2, -0.15) is 0 Å². The second-order valence-corrected chi connectivity index (χ2v) is 4.55. The Bertz CT molecular complexity index is 804. The summed E-state index contributed by atoms with van der Waals surface area (Å²) in [6, 6.07) is 13.7. The van der Waals surface area contributed by atoms with Crippen LogP contribution in [0.1, 0.15) is 0 Å². The van der Waals surface area contributed by atoms with Gasteiger partial charge in [0.25, 0.3) is 0 Å². The fourth-order valence-electron chi connectivity index (χ4n) is 2.16. The van der Waals surface area contributed by atoms with E-state index in [9.17, 15) is 4.79 Å². The predicted molar refractivity (Wildman–Crippen MR) is 80.9 cm³/mol. The van der Waals surface area contributed by atoms with E-state index in [1.165, 1.54) is 0 Å². The van der Waals surface area contributed by atoms with Crippen molar-refractivity contribution in [2.45, 2.75) is 0 Å². The largest absolute Gasteiger partial charge is 0.417 e. The summed E-state index contributed by atoms with van der Waals surface area (Å²) in [4.78, 5) is 15.8. The normalized spacial score (nSPS) is 10.7. The van der Waals surface area contributed by atoms with Crippen molar-refractivity contribution >= 4 is 28.2 Å². The van der Waals surface area contributed by atoms with Crippen molar-refractivity contribution in [1.82, 2.24) is 4.98 Å². The van der Waals surface area contributed by atoms with E-state index in [2.05, 4.69) is 16.4 Å². The number of fused-ring (bicyclic) bond motifs is 1. The second-order valence-electron chi connectivity index (χ2n) is 4.55. The number of H-pyrrole nitrogens is 1. The zero-order chi connectivity index (χ0) is 14.1. The van der Waals surface area contributed by atoms with Crippen molar-refractivity contribution in [2.75, 3.05) is 24.3 Å². The van der Waals surface area contributed by atoms with Gasteiger partial charge in [-0.05, 0) is 30.3 Å². The van der Waals surface area contributed by atoms with Crippen LogP contribution < -0.4 is 16.0 Å². The molecule has 20 heavy (non-hydrogen) atoms. The summed E-state index contributed by atoms with van der Waals surface area (Å²) in [5.74, 6) is -0.433. The highest BCUT2D eigenvalue weighted by atomic mass is 16.4. The maximum atomic E-state index is 11.2. The summed E-state index contributed by atoms with van der Waals surface area (Å²) in [6.45, 7) is 0. The van der Waals surface area contributed by atoms with Gasteiger partial charge in [0, 0.05) is 37.2 Å². The van der Waals surface area contributed by atoms with Gasteiger partial charge in [-0.1, -0.05) is 6.07 Å². The van der Waals surface area contributed by atoms with Gasteiger partial charge in [0.05, 0.1) is 5.52 Å². The number of hydrogen-bond acceptors (Lipinski definition) is 4. The van der Waals surface area contributed by atoms with Crippen LogP contribution in [0, 0.1) is 0 Å². The fraction of sp³-hybridized carbons (Fsp3) is 0.133. The zero-order valence-electron chi connectivity index (χ0n) is 11.3. The SMILES string of the molecule is CNc1cccc(N(C)c2ccc3[nH]c(=O)oc3c2)c1. The molecule has 1 aromatic heterocycles. The van der Waals surface area contributed by atoms with Crippen LogP contribution in [-0.2, 0) is 0 Å². The van der Waals surface area contributed by atoms with Crippen molar-refractivity contribution in [3.63, 3.8) is 0 Å². The van der Waals surface area contributed by atoms with Crippen LogP contribution in [0.15, 0.2) is 51.7 Å². The summed E-state index contributed by atoms with van der Waals surface area (Å²) >= 11 is 0. The molecule has 0 fully saturated rings. The minimum Gasteiger partial charge on any atom is -0.408 e. The van der Waals surface area contributed by atoms with Crippen molar-refractivity contribution in [3.05, 3.63) is 53.0 Å². The molecule has 0 unspecified atom stereocenters. The van der Waals surface area contributed by atoms with Crippen LogP contribution in [0.3, 0.4) is 0 Å². The standard InChI is InChI=1S/C15H15N3O2/c1-16-10-4-3-5-11(8-10)18(2)12-6-7-13-14(9-12)20-15(19)17-13/h3-9,16H,1-2H3,(H,17,19). The highest BCUT2D eigenvalue weighted by molar-refractivity contribution is 5.79. The number of anilines is 3. The molecule has 0 spiro atoms. The van der Waals surface area contributed by atoms with E-state index in [0.29, 0.717) is 11.1 Å². The summed E-state index contributed by atoms with van der Waals surface area (Å²) < 4.78 is 5.09. The Morgan fingerprint density at radius 1 is 1.15 bits per heavy atom. The molecule has 2 aromatic carbocycles. The first-order valence-corrected chi connectivity index (χ1v) is 6.32. The molecule has 102 valence electrons. The number of hydrogen-bond donors (Lipinski definition) is 2. The molecule has 5 heteroatoms. The molecule has 0 aliphatic heterocycles. The van der Waals surface area contributed by atoms with E-state index in [-0.39, 0.29) is 0 Å². The van der Waals surface area contributed by atoms with Crippen molar-refractivity contribution < 1.29 is 4.42 Å². The fourth-order valence-corrected chi connectivity index (χ4v) is 2.16. The van der Waals surface area contributed by atoms with Gasteiger partial charge in [0.1, 0.15) is 0 Å². The Balaban J connectivity index is 2.02. The molecule has 0 radical (unpaired) electrons. The molecule has 5 nitrogen and oxygen atoms in total. The predicted octanol–water partition coefficient (Wildman–Crippen LogP) is 2.93. The van der Waals surface area contributed by atoms with Gasteiger partial charge < -0.3 is 14.6 Å². The maximum absolute atomic E-state index is 11.2. The lowest BCUT2D eigenvalue weighted by molar-refractivity contribution is 0.555. The molecule has 1 heterocycles. The number of rotatable bonds is 3. The first kappa shape index (κ1) is 12.3. The summed E-state index contributed by atoms with van der Waals surface area (Å²) in [5, 5.41) is 3.12. The lowest BCUT2D eigenvalue weighted by Gasteiger charge is -2.20. The van der Waals surface area contributed by atoms with E-state index in [1.54, 1.807) is 0 Å². The van der Waals surface area contributed by atoms with Gasteiger partial charge in [0.15, 0.2) is 5.58 Å². The van der Waals surface area contributed by atoms with Gasteiger partial charge in [-0.25, -0.2) is 4.79 Å². The third kappa shape index (κ3) is 2.14. The molecular weight excluding hydrogens is 254 g/mol. The molecule has 2 N–H and O–H groups in total. The lowest BCUT2D eigenvalue weighted by atomic mass is 10.2. The molecule has 0 atom stereocenters. The summed E-state index contributed by atoms with van der Waals surface area (Å²) in [6.07, 6.45) is 0. The van der Waals surface area contributed by atoms with Gasteiger partial charge in [0.2, 0.25) is 0 Å². The van der Waals surface area contributed by atoms with Crippen LogP contribution in [-0.4, -0.2) is 19.1 Å². The first-order chi connectivity index (χ1) is 9.67. The van der Waals surface area contributed by atoms with Crippen LogP contribution in [0.4, 0.5) is 17.1 Å². The van der Waals surface area contributed by atoms with Crippen molar-refractivity contribution in [1.29, 1.82) is 0 Å². The Morgan fingerprint density at radius 2 is 1.95 bits per heavy atom. The smallest absolute Gasteiger partial charge is 0.408 e. The van der Waals surface area contributed by atoms with E-state index in [4.69, 9.17) is 4.42 Å². The molecule has 0 bridgehead atoms. The molecule has 0 saturated heterocycles. The van der Waals surface area contributed by atoms with E-state index in [1.807, 2.05) is 55.4 Å². The van der Waals surface area contributed by atoms with Crippen LogP contribution in [0.2, 0.25) is 0 Å². The van der Waals surface area contributed by atoms with Gasteiger partial charge in [-0.15, -0.1) is 0 Å². The Labute approximate surface area is 115 Å². The highest BCUT2D eigenvalue weighted by Crippen LogP contribution is 2.27. The minimum atomic E-state index is -0.433. The number of aromatic nitrogens is 1. The first-order valence-electron chi connectivity index (χ1n) is 6.32. The third-order valence-electron chi connectivity index (χ3n) is 3.31. The molecular formula is C15H15N3O2. The molecule has 0 aliphatic carbocycles. The second kappa shape index (κ2) is 4.77. The van der Waals surface area contributed by atoms with Crippen molar-refractivity contribution in [3.8, 4) is 0 Å². The number of nitrogens with zero attached hydrogens (tertiary/aromatic N) is 1. The Kier molecular flexibility index (Phi) is 2.95. The van der Waals surface area contributed by atoms with Gasteiger partial charge >= 0.3 is 5.76 Å². The van der Waals surface area contributed by atoms with E-state index < -0.39 is 5.76 Å². The molecule has 0 aliphatic rings. The van der Waals surface area contributed by atoms with E-state index >= 15 is 0 Å². The molecule has 3 rings (SSSR count). The Hall–Kier alpha value is -2.69. The molecule has 0 saturated carbocycles. The highest BCUT2D eigenvalue weighted by Gasteiger charge is 2.08. The third-order valence-corrected chi connectivity index (χ3v) is 3.31. The molecule has 3 aromatic rings. The zero-order valence-corrected chi connectivity index (χ0v) is 11.3. The number of oxazole rings is 1. The number of aromatic amines is 1. The Morgan fingerprint density at radius 3 is 2.75 bits per heavy atom. The minimum absolute atomic E-state index is 0.433. The summed E-state index contributed by atoms with van der Waals surface area (Å²) in [5.41, 5.74) is 4.31. The van der Waals surface area contributed by atoms with Crippen molar-refractivity contribution in [2.24, 2.45) is 0 Å². The number of benzene rings is 2. The molecule has 0 amide bonds. The van der Waals surface area contributed by atoms with Crippen LogP contribution in [0.25, 0.3) is 11.1 Å². The lowest BCUT2D eigenvalue weighted by Crippen LogP contribution is -2.09.